The topological polar surface area (TPSA) is 66.5 Å². The van der Waals surface area contributed by atoms with E-state index in [0.29, 0.717) is 11.8 Å². The number of hydrogen-bond donors (Lipinski definition) is 1. The molecule has 26 heavy (non-hydrogen) atoms. The summed E-state index contributed by atoms with van der Waals surface area (Å²) in [6.07, 6.45) is 3.31. The summed E-state index contributed by atoms with van der Waals surface area (Å²) in [5, 5.41) is 2.88. The third kappa shape index (κ3) is 2.79. The van der Waals surface area contributed by atoms with Crippen LogP contribution in [-0.4, -0.2) is 29.2 Å². The lowest BCUT2D eigenvalue weighted by molar-refractivity contribution is -0.140. The van der Waals surface area contributed by atoms with Gasteiger partial charge in [-0.25, -0.2) is 0 Å². The second-order valence-electron chi connectivity index (χ2n) is 7.94. The lowest BCUT2D eigenvalue weighted by Crippen LogP contribution is -2.35. The molecule has 138 valence electrons. The highest BCUT2D eigenvalue weighted by Gasteiger charge is 2.60. The molecule has 0 spiro atoms. The highest BCUT2D eigenvalue weighted by atomic mass is 79.9. The van der Waals surface area contributed by atoms with E-state index < -0.39 is 0 Å². The van der Waals surface area contributed by atoms with Gasteiger partial charge in [-0.1, -0.05) is 15.9 Å². The van der Waals surface area contributed by atoms with Gasteiger partial charge in [0.25, 0.3) is 0 Å². The molecule has 0 unspecified atom stereocenters. The molecule has 1 aromatic carbocycles. The second-order valence-corrected chi connectivity index (χ2v) is 8.73. The van der Waals surface area contributed by atoms with Crippen LogP contribution in [0.5, 0.6) is 0 Å². The minimum absolute atomic E-state index is 0.0460. The Labute approximate surface area is 161 Å². The fourth-order valence-electron chi connectivity index (χ4n) is 5.15. The van der Waals surface area contributed by atoms with Crippen LogP contribution < -0.4 is 5.32 Å². The maximum Gasteiger partial charge on any atom is 0.233 e. The fourth-order valence-corrected chi connectivity index (χ4v) is 5.37. The predicted octanol–water partition coefficient (Wildman–Crippen LogP) is 3.43. The molecule has 4 rings (SSSR count). The molecule has 0 aromatic heterocycles. The molecule has 0 radical (unpaired) electrons. The molecule has 5 nitrogen and oxygen atoms in total. The van der Waals surface area contributed by atoms with Crippen molar-refractivity contribution in [3.05, 3.63) is 27.7 Å². The minimum Gasteiger partial charge on any atom is -0.326 e. The van der Waals surface area contributed by atoms with Crippen molar-refractivity contribution in [2.45, 2.75) is 39.5 Å². The number of nitrogens with zero attached hydrogens (tertiary/aromatic N) is 1. The molecule has 1 N–H and O–H groups in total. The first-order valence-electron chi connectivity index (χ1n) is 9.28. The summed E-state index contributed by atoms with van der Waals surface area (Å²) in [6.45, 7) is 4.13. The second kappa shape index (κ2) is 6.48. The van der Waals surface area contributed by atoms with Crippen molar-refractivity contribution in [2.24, 2.45) is 23.7 Å². The van der Waals surface area contributed by atoms with Gasteiger partial charge in [0.15, 0.2) is 0 Å². The van der Waals surface area contributed by atoms with E-state index in [1.165, 1.54) is 4.90 Å². The zero-order valence-corrected chi connectivity index (χ0v) is 16.6. The van der Waals surface area contributed by atoms with Crippen LogP contribution in [0.2, 0.25) is 0 Å². The SMILES string of the molecule is Cc1cc(NC(=O)CCN2C(=O)[C@H]3[C@@H]4CC[C@H](C4)[C@@H]3C2=O)cc(C)c1Br. The summed E-state index contributed by atoms with van der Waals surface area (Å²) in [5.41, 5.74) is 2.84. The van der Waals surface area contributed by atoms with Crippen LogP contribution in [0.4, 0.5) is 5.69 Å². The van der Waals surface area contributed by atoms with Crippen LogP contribution in [0.1, 0.15) is 36.8 Å². The van der Waals surface area contributed by atoms with Gasteiger partial charge in [0.2, 0.25) is 17.7 Å². The van der Waals surface area contributed by atoms with Crippen LogP contribution in [0.25, 0.3) is 0 Å². The first-order chi connectivity index (χ1) is 12.4. The number of aryl methyl sites for hydroxylation is 2. The van der Waals surface area contributed by atoms with Gasteiger partial charge in [0.1, 0.15) is 0 Å². The Balaban J connectivity index is 1.38. The Bertz CT molecular complexity index is 755. The smallest absolute Gasteiger partial charge is 0.233 e. The predicted molar refractivity (Wildman–Crippen MR) is 101 cm³/mol. The van der Waals surface area contributed by atoms with Crippen LogP contribution in [0, 0.1) is 37.5 Å². The molecular weight excluding hydrogens is 396 g/mol. The largest absolute Gasteiger partial charge is 0.326 e. The molecule has 2 bridgehead atoms. The maximum absolute atomic E-state index is 12.7. The average Bonchev–Trinajstić information content (AvgIpc) is 3.26. The van der Waals surface area contributed by atoms with E-state index in [9.17, 15) is 14.4 Å². The lowest BCUT2D eigenvalue weighted by atomic mass is 9.81. The lowest BCUT2D eigenvalue weighted by Gasteiger charge is -2.19. The van der Waals surface area contributed by atoms with Gasteiger partial charge >= 0.3 is 0 Å². The quantitative estimate of drug-likeness (QED) is 0.761. The van der Waals surface area contributed by atoms with Crippen molar-refractivity contribution in [3.63, 3.8) is 0 Å². The van der Waals surface area contributed by atoms with Crippen LogP contribution in [-0.2, 0) is 14.4 Å². The molecule has 2 saturated carbocycles. The Hall–Kier alpha value is -1.69. The van der Waals surface area contributed by atoms with E-state index in [-0.39, 0.29) is 42.5 Å². The molecule has 1 saturated heterocycles. The van der Waals surface area contributed by atoms with Gasteiger partial charge in [-0.05, 0) is 68.2 Å². The van der Waals surface area contributed by atoms with Gasteiger partial charge in [-0.15, -0.1) is 0 Å². The van der Waals surface area contributed by atoms with Crippen molar-refractivity contribution >= 4 is 39.3 Å². The van der Waals surface area contributed by atoms with Crippen LogP contribution in [0.3, 0.4) is 0 Å². The average molecular weight is 419 g/mol. The number of nitrogens with one attached hydrogen (secondary N) is 1. The summed E-state index contributed by atoms with van der Waals surface area (Å²) < 4.78 is 1.03. The number of carbonyl (C=O) groups excluding carboxylic acids is 3. The van der Waals surface area contributed by atoms with E-state index in [2.05, 4.69) is 21.2 Å². The highest BCUT2D eigenvalue weighted by molar-refractivity contribution is 9.10. The zero-order chi connectivity index (χ0) is 18.6. The Kier molecular flexibility index (Phi) is 4.41. The summed E-state index contributed by atoms with van der Waals surface area (Å²) in [5.74, 6) is 0.280. The number of carbonyl (C=O) groups is 3. The van der Waals surface area contributed by atoms with E-state index in [0.717, 1.165) is 40.5 Å². The first-order valence-corrected chi connectivity index (χ1v) is 10.1. The summed E-state index contributed by atoms with van der Waals surface area (Å²) in [4.78, 5) is 39.0. The fraction of sp³-hybridized carbons (Fsp3) is 0.550. The number of halogens is 1. The van der Waals surface area contributed by atoms with Gasteiger partial charge < -0.3 is 5.32 Å². The Morgan fingerprint density at radius 2 is 1.65 bits per heavy atom. The van der Waals surface area contributed by atoms with Crippen LogP contribution >= 0.6 is 15.9 Å². The minimum atomic E-state index is -0.174. The van der Waals surface area contributed by atoms with Crippen LogP contribution in [0.15, 0.2) is 16.6 Å². The van der Waals surface area contributed by atoms with Gasteiger partial charge in [-0.2, -0.15) is 0 Å². The monoisotopic (exact) mass is 418 g/mol. The molecule has 2 aliphatic carbocycles. The number of amides is 3. The Morgan fingerprint density at radius 1 is 1.12 bits per heavy atom. The summed E-state index contributed by atoms with van der Waals surface area (Å²) in [7, 11) is 0. The van der Waals surface area contributed by atoms with Crippen molar-refractivity contribution in [3.8, 4) is 0 Å². The van der Waals surface area contributed by atoms with Crippen molar-refractivity contribution in [1.29, 1.82) is 0 Å². The molecule has 6 heteroatoms. The molecule has 4 atom stereocenters. The van der Waals surface area contributed by atoms with E-state index in [1.807, 2.05) is 26.0 Å². The van der Waals surface area contributed by atoms with Crippen molar-refractivity contribution < 1.29 is 14.4 Å². The number of fused-ring (bicyclic) bond motifs is 5. The van der Waals surface area contributed by atoms with Crippen molar-refractivity contribution in [1.82, 2.24) is 4.90 Å². The molecule has 3 amide bonds. The molecule has 1 aliphatic heterocycles. The highest BCUT2D eigenvalue weighted by Crippen LogP contribution is 2.56. The third-order valence-corrected chi connectivity index (χ3v) is 7.55. The van der Waals surface area contributed by atoms with Gasteiger partial charge in [-0.3, -0.25) is 19.3 Å². The number of hydrogen-bond acceptors (Lipinski definition) is 3. The Morgan fingerprint density at radius 3 is 2.19 bits per heavy atom. The molecule has 3 aliphatic rings. The summed E-state index contributed by atoms with van der Waals surface area (Å²) in [6, 6.07) is 3.81. The van der Waals surface area contributed by atoms with E-state index in [4.69, 9.17) is 0 Å². The molecule has 3 fully saturated rings. The number of anilines is 1. The first kappa shape index (κ1) is 17.7. The standard InChI is InChI=1S/C20H23BrN2O3/c1-10-7-14(8-11(2)18(10)21)22-15(24)5-6-23-19(25)16-12-3-4-13(9-12)17(16)20(23)26/h7-8,12-13,16-17H,3-6,9H2,1-2H3,(H,22,24)/t12-,13-,16+,17+/m1/s1. The normalized spacial score (nSPS) is 29.4. The summed E-state index contributed by atoms with van der Waals surface area (Å²) >= 11 is 3.51. The molecule has 1 aromatic rings. The third-order valence-electron chi connectivity index (χ3n) is 6.30. The van der Waals surface area contributed by atoms with E-state index in [1.54, 1.807) is 0 Å². The number of benzene rings is 1. The van der Waals surface area contributed by atoms with Crippen molar-refractivity contribution in [2.75, 3.05) is 11.9 Å². The number of imide groups is 1. The maximum atomic E-state index is 12.7. The molecule has 1 heterocycles. The van der Waals surface area contributed by atoms with Gasteiger partial charge in [0.05, 0.1) is 11.8 Å². The number of rotatable bonds is 4. The zero-order valence-electron chi connectivity index (χ0n) is 15.0. The van der Waals surface area contributed by atoms with Gasteiger partial charge in [0, 0.05) is 23.1 Å². The number of likely N-dealkylation sites (tertiary alicyclic amines) is 1. The molecular formula is C20H23BrN2O3. The van der Waals surface area contributed by atoms with E-state index >= 15 is 0 Å².